The molecule has 0 unspecified atom stereocenters. The van der Waals surface area contributed by atoms with Gasteiger partial charge in [-0.25, -0.2) is 4.98 Å². The van der Waals surface area contributed by atoms with E-state index in [0.717, 1.165) is 25.5 Å². The van der Waals surface area contributed by atoms with Gasteiger partial charge in [-0.05, 0) is 18.2 Å². The van der Waals surface area contributed by atoms with E-state index < -0.39 is 17.7 Å². The summed E-state index contributed by atoms with van der Waals surface area (Å²) < 4.78 is 48.4. The van der Waals surface area contributed by atoms with Gasteiger partial charge in [-0.2, -0.15) is 13.2 Å². The van der Waals surface area contributed by atoms with Crippen molar-refractivity contribution in [3.8, 4) is 17.2 Å². The second kappa shape index (κ2) is 5.47. The Morgan fingerprint density at radius 3 is 2.71 bits per heavy atom. The number of ether oxygens (including phenoxy) is 1. The molecule has 0 aliphatic rings. The minimum Gasteiger partial charge on any atom is -0.496 e. The second-order valence-electron chi connectivity index (χ2n) is 4.13. The lowest BCUT2D eigenvalue weighted by Crippen LogP contribution is -2.07. The number of carboxylic acid groups (broad SMARTS) is 1. The number of nitrogens with zero attached hydrogens (tertiary/aromatic N) is 1. The van der Waals surface area contributed by atoms with Crippen LogP contribution in [0.4, 0.5) is 13.2 Å². The quantitative estimate of drug-likeness (QED) is 0.939. The van der Waals surface area contributed by atoms with E-state index in [1.807, 2.05) is 0 Å². The van der Waals surface area contributed by atoms with Crippen LogP contribution < -0.4 is 4.74 Å². The third-order valence-corrected chi connectivity index (χ3v) is 2.64. The highest BCUT2D eigenvalue weighted by Crippen LogP contribution is 2.38. The number of carboxylic acids is 1. The third-order valence-electron chi connectivity index (χ3n) is 2.64. The van der Waals surface area contributed by atoms with Crippen molar-refractivity contribution >= 4 is 5.97 Å². The number of halogens is 3. The number of alkyl halides is 3. The Kier molecular flexibility index (Phi) is 3.88. The zero-order valence-electron chi connectivity index (χ0n) is 10.8. The van der Waals surface area contributed by atoms with E-state index in [9.17, 15) is 18.0 Å². The molecule has 112 valence electrons. The maximum absolute atomic E-state index is 12.9. The number of carbonyl (C=O) groups is 1. The number of methoxy groups -OCH3 is 1. The van der Waals surface area contributed by atoms with Crippen LogP contribution in [0.1, 0.15) is 11.3 Å². The molecule has 0 aliphatic carbocycles. The number of oxazole rings is 1. The standard InChI is InChI=1S/C13H10F3NO4/c1-20-10-3-2-7(4-9(10)13(14,15)16)12-17-8(6-21-12)5-11(18)19/h2-4,6H,5H2,1H3,(H,18,19). The molecule has 0 spiro atoms. The Hall–Kier alpha value is -2.51. The minimum atomic E-state index is -4.59. The Morgan fingerprint density at radius 1 is 1.43 bits per heavy atom. The first kappa shape index (κ1) is 14.9. The molecule has 8 heteroatoms. The van der Waals surface area contributed by atoms with Crippen molar-refractivity contribution in [2.24, 2.45) is 0 Å². The van der Waals surface area contributed by atoms with Gasteiger partial charge < -0.3 is 14.3 Å². The molecule has 1 aromatic carbocycles. The molecule has 0 bridgehead atoms. The van der Waals surface area contributed by atoms with Crippen molar-refractivity contribution in [2.45, 2.75) is 12.6 Å². The van der Waals surface area contributed by atoms with E-state index in [1.165, 1.54) is 6.07 Å². The molecule has 0 fully saturated rings. The van der Waals surface area contributed by atoms with Gasteiger partial charge in [0.2, 0.25) is 5.89 Å². The average Bonchev–Trinajstić information content (AvgIpc) is 2.84. The normalized spacial score (nSPS) is 11.4. The lowest BCUT2D eigenvalue weighted by atomic mass is 10.1. The highest BCUT2D eigenvalue weighted by Gasteiger charge is 2.35. The van der Waals surface area contributed by atoms with E-state index in [2.05, 4.69) is 9.72 Å². The Balaban J connectivity index is 2.41. The molecule has 1 heterocycles. The number of hydrogen-bond acceptors (Lipinski definition) is 4. The summed E-state index contributed by atoms with van der Waals surface area (Å²) in [6.07, 6.45) is -3.86. The van der Waals surface area contributed by atoms with Crippen LogP contribution in [0.3, 0.4) is 0 Å². The summed E-state index contributed by atoms with van der Waals surface area (Å²) in [5.41, 5.74) is -0.748. The topological polar surface area (TPSA) is 72.6 Å². The number of rotatable bonds is 4. The van der Waals surface area contributed by atoms with Crippen LogP contribution in [0.15, 0.2) is 28.9 Å². The van der Waals surface area contributed by atoms with E-state index in [4.69, 9.17) is 9.52 Å². The molecule has 0 aliphatic heterocycles. The van der Waals surface area contributed by atoms with Crippen molar-refractivity contribution in [1.82, 2.24) is 4.98 Å². The van der Waals surface area contributed by atoms with Crippen molar-refractivity contribution in [2.75, 3.05) is 7.11 Å². The first-order valence-electron chi connectivity index (χ1n) is 5.73. The summed E-state index contributed by atoms with van der Waals surface area (Å²) in [6.45, 7) is 0. The Morgan fingerprint density at radius 2 is 2.14 bits per heavy atom. The van der Waals surface area contributed by atoms with Crippen LogP contribution in [0.5, 0.6) is 5.75 Å². The molecule has 1 aromatic heterocycles. The second-order valence-corrected chi connectivity index (χ2v) is 4.13. The zero-order chi connectivity index (χ0) is 15.6. The van der Waals surface area contributed by atoms with Crippen LogP contribution in [-0.2, 0) is 17.4 Å². The van der Waals surface area contributed by atoms with Crippen molar-refractivity contribution in [1.29, 1.82) is 0 Å². The lowest BCUT2D eigenvalue weighted by Gasteiger charge is -2.12. The molecule has 2 rings (SSSR count). The van der Waals surface area contributed by atoms with Crippen LogP contribution >= 0.6 is 0 Å². The van der Waals surface area contributed by atoms with E-state index >= 15 is 0 Å². The van der Waals surface area contributed by atoms with Gasteiger partial charge in [0.05, 0.1) is 24.8 Å². The highest BCUT2D eigenvalue weighted by molar-refractivity contribution is 5.69. The predicted octanol–water partition coefficient (Wildman–Crippen LogP) is 3.00. The molecule has 1 N–H and O–H groups in total. The molecule has 0 atom stereocenters. The summed E-state index contributed by atoms with van der Waals surface area (Å²) in [7, 11) is 1.14. The summed E-state index contributed by atoms with van der Waals surface area (Å²) in [6, 6.07) is 3.35. The molecule has 2 aromatic rings. The third kappa shape index (κ3) is 3.33. The van der Waals surface area contributed by atoms with E-state index in [1.54, 1.807) is 0 Å². The fourth-order valence-corrected chi connectivity index (χ4v) is 1.74. The predicted molar refractivity (Wildman–Crippen MR) is 64.8 cm³/mol. The smallest absolute Gasteiger partial charge is 0.419 e. The molecule has 0 amide bonds. The zero-order valence-corrected chi connectivity index (χ0v) is 10.8. The maximum Gasteiger partial charge on any atom is 0.419 e. The average molecular weight is 301 g/mol. The van der Waals surface area contributed by atoms with Gasteiger partial charge in [-0.1, -0.05) is 0 Å². The number of aliphatic carboxylic acids is 1. The fourth-order valence-electron chi connectivity index (χ4n) is 1.74. The number of benzene rings is 1. The molecule has 21 heavy (non-hydrogen) atoms. The van der Waals surface area contributed by atoms with Crippen LogP contribution in [0.25, 0.3) is 11.5 Å². The summed E-state index contributed by atoms with van der Waals surface area (Å²) in [5, 5.41) is 8.62. The maximum atomic E-state index is 12.9. The molecule has 0 saturated carbocycles. The van der Waals surface area contributed by atoms with Gasteiger partial charge >= 0.3 is 12.1 Å². The van der Waals surface area contributed by atoms with Crippen LogP contribution in [-0.4, -0.2) is 23.2 Å². The first-order valence-corrected chi connectivity index (χ1v) is 5.73. The van der Waals surface area contributed by atoms with Gasteiger partial charge in [0.1, 0.15) is 12.0 Å². The van der Waals surface area contributed by atoms with Gasteiger partial charge in [-0.3, -0.25) is 4.79 Å². The highest BCUT2D eigenvalue weighted by atomic mass is 19.4. The summed E-state index contributed by atoms with van der Waals surface area (Å²) >= 11 is 0. The van der Waals surface area contributed by atoms with Crippen LogP contribution in [0, 0.1) is 0 Å². The Bertz CT molecular complexity index is 664. The molecule has 5 nitrogen and oxygen atoms in total. The Labute approximate surface area is 117 Å². The molecule has 0 saturated heterocycles. The molecular formula is C13H10F3NO4. The summed E-state index contributed by atoms with van der Waals surface area (Å²) in [4.78, 5) is 14.4. The van der Waals surface area contributed by atoms with Gasteiger partial charge in [-0.15, -0.1) is 0 Å². The summed E-state index contributed by atoms with van der Waals surface area (Å²) in [5.74, 6) is -1.51. The first-order chi connectivity index (χ1) is 9.81. The molecule has 0 radical (unpaired) electrons. The minimum absolute atomic E-state index is 0.0831. The largest absolute Gasteiger partial charge is 0.496 e. The molecular weight excluding hydrogens is 291 g/mol. The van der Waals surface area contributed by atoms with Crippen molar-refractivity contribution in [3.05, 3.63) is 35.7 Å². The van der Waals surface area contributed by atoms with Gasteiger partial charge in [0.15, 0.2) is 0 Å². The van der Waals surface area contributed by atoms with Crippen LogP contribution in [0.2, 0.25) is 0 Å². The van der Waals surface area contributed by atoms with Crippen molar-refractivity contribution < 1.29 is 32.2 Å². The lowest BCUT2D eigenvalue weighted by molar-refractivity contribution is -0.139. The number of hydrogen-bond donors (Lipinski definition) is 1. The monoisotopic (exact) mass is 301 g/mol. The van der Waals surface area contributed by atoms with E-state index in [0.29, 0.717) is 0 Å². The van der Waals surface area contributed by atoms with Gasteiger partial charge in [0, 0.05) is 5.56 Å². The van der Waals surface area contributed by atoms with E-state index in [-0.39, 0.29) is 29.3 Å². The number of aromatic nitrogens is 1. The van der Waals surface area contributed by atoms with Crippen molar-refractivity contribution in [3.63, 3.8) is 0 Å². The van der Waals surface area contributed by atoms with Gasteiger partial charge in [0.25, 0.3) is 0 Å². The fraction of sp³-hybridized carbons (Fsp3) is 0.231. The SMILES string of the molecule is COc1ccc(-c2nc(CC(=O)O)co2)cc1C(F)(F)F.